The van der Waals surface area contributed by atoms with Gasteiger partial charge in [0.05, 0.1) is 25.4 Å². The summed E-state index contributed by atoms with van der Waals surface area (Å²) in [6.45, 7) is 4.93. The number of ether oxygens (including phenoxy) is 1. The number of carbonyl (C=O) groups is 2. The van der Waals surface area contributed by atoms with Gasteiger partial charge in [0.1, 0.15) is 0 Å². The Labute approximate surface area is 438 Å². The van der Waals surface area contributed by atoms with Gasteiger partial charge in [-0.15, -0.1) is 0 Å². The van der Waals surface area contributed by atoms with Crippen LogP contribution in [-0.2, 0) is 14.3 Å². The molecule has 6 heteroatoms. The van der Waals surface area contributed by atoms with Crippen LogP contribution in [-0.4, -0.2) is 47.4 Å². The second kappa shape index (κ2) is 60.2. The van der Waals surface area contributed by atoms with Crippen molar-refractivity contribution < 1.29 is 24.5 Å². The molecule has 0 aromatic heterocycles. The van der Waals surface area contributed by atoms with Gasteiger partial charge in [-0.25, -0.2) is 0 Å². The van der Waals surface area contributed by atoms with E-state index in [4.69, 9.17) is 4.74 Å². The molecule has 0 aromatic rings. The second-order valence-corrected chi connectivity index (χ2v) is 22.1. The fourth-order valence-corrected chi connectivity index (χ4v) is 10.2. The lowest BCUT2D eigenvalue weighted by atomic mass is 10.0. The maximum Gasteiger partial charge on any atom is 0.305 e. The average molecular weight is 989 g/mol. The quantitative estimate of drug-likeness (QED) is 0.0321. The van der Waals surface area contributed by atoms with Gasteiger partial charge in [-0.1, -0.05) is 328 Å². The molecule has 0 heterocycles. The van der Waals surface area contributed by atoms with E-state index in [9.17, 15) is 19.8 Å². The van der Waals surface area contributed by atoms with Crippen molar-refractivity contribution >= 4 is 11.9 Å². The van der Waals surface area contributed by atoms with Gasteiger partial charge < -0.3 is 20.3 Å². The van der Waals surface area contributed by atoms with Crippen LogP contribution in [0.25, 0.3) is 0 Å². The fraction of sp³-hybridized carbons (Fsp3) is 0.938. The van der Waals surface area contributed by atoms with Crippen LogP contribution in [0.5, 0.6) is 0 Å². The van der Waals surface area contributed by atoms with E-state index in [2.05, 4.69) is 19.2 Å². The maximum absolute atomic E-state index is 12.5. The third-order valence-electron chi connectivity index (χ3n) is 15.1. The Bertz CT molecular complexity index is 1050. The first kappa shape index (κ1) is 68.6. The van der Waals surface area contributed by atoms with Crippen LogP contribution in [0.3, 0.4) is 0 Å². The largest absolute Gasteiger partial charge is 0.466 e. The lowest BCUT2D eigenvalue weighted by Crippen LogP contribution is -2.45. The van der Waals surface area contributed by atoms with Gasteiger partial charge >= 0.3 is 5.97 Å². The number of aliphatic hydroxyl groups is 2. The zero-order chi connectivity index (χ0) is 50.7. The summed E-state index contributed by atoms with van der Waals surface area (Å²) in [6, 6.07) is -0.625. The van der Waals surface area contributed by atoms with E-state index >= 15 is 0 Å². The number of aliphatic hydroxyl groups excluding tert-OH is 2. The van der Waals surface area contributed by atoms with E-state index in [1.807, 2.05) is 6.08 Å². The van der Waals surface area contributed by atoms with Gasteiger partial charge in [-0.05, 0) is 32.1 Å². The van der Waals surface area contributed by atoms with Crippen molar-refractivity contribution in [1.29, 1.82) is 0 Å². The lowest BCUT2D eigenvalue weighted by Gasteiger charge is -2.20. The first-order valence-electron chi connectivity index (χ1n) is 32.0. The molecule has 0 saturated carbocycles. The highest BCUT2D eigenvalue weighted by Gasteiger charge is 2.18. The van der Waals surface area contributed by atoms with E-state index in [1.165, 1.54) is 295 Å². The summed E-state index contributed by atoms with van der Waals surface area (Å²) in [5, 5.41) is 23.1. The van der Waals surface area contributed by atoms with Gasteiger partial charge in [-0.2, -0.15) is 0 Å². The van der Waals surface area contributed by atoms with Gasteiger partial charge in [-0.3, -0.25) is 9.59 Å². The van der Waals surface area contributed by atoms with Crippen LogP contribution in [0.4, 0.5) is 0 Å². The maximum atomic E-state index is 12.5. The molecule has 0 aliphatic heterocycles. The molecule has 3 N–H and O–H groups in total. The van der Waals surface area contributed by atoms with Gasteiger partial charge in [0.25, 0.3) is 0 Å². The lowest BCUT2D eigenvalue weighted by molar-refractivity contribution is -0.143. The molecule has 0 aliphatic carbocycles. The molecule has 416 valence electrons. The Morgan fingerprint density at radius 2 is 0.657 bits per heavy atom. The van der Waals surface area contributed by atoms with E-state index in [0.29, 0.717) is 19.4 Å². The number of esters is 1. The second-order valence-electron chi connectivity index (χ2n) is 22.1. The zero-order valence-corrected chi connectivity index (χ0v) is 47.5. The Hall–Kier alpha value is -1.40. The van der Waals surface area contributed by atoms with Crippen molar-refractivity contribution in [2.24, 2.45) is 0 Å². The predicted molar refractivity (Wildman–Crippen MR) is 306 cm³/mol. The van der Waals surface area contributed by atoms with Crippen molar-refractivity contribution in [3.05, 3.63) is 12.2 Å². The molecule has 0 bridgehead atoms. The molecule has 0 aromatic carbocycles. The van der Waals surface area contributed by atoms with Crippen LogP contribution < -0.4 is 5.32 Å². The van der Waals surface area contributed by atoms with Crippen molar-refractivity contribution in [2.45, 2.75) is 373 Å². The monoisotopic (exact) mass is 988 g/mol. The molecule has 2 unspecified atom stereocenters. The summed E-state index contributed by atoms with van der Waals surface area (Å²) < 4.78 is 5.48. The first-order chi connectivity index (χ1) is 34.5. The molecule has 1 amide bonds. The summed E-state index contributed by atoms with van der Waals surface area (Å²) in [6.07, 6.45) is 72.6. The minimum atomic E-state index is -0.842. The molecule has 0 fully saturated rings. The van der Waals surface area contributed by atoms with E-state index in [1.54, 1.807) is 6.08 Å². The number of nitrogens with one attached hydrogen (secondary N) is 1. The van der Waals surface area contributed by atoms with Crippen LogP contribution >= 0.6 is 0 Å². The Kier molecular flexibility index (Phi) is 59.0. The molecule has 70 heavy (non-hydrogen) atoms. The van der Waals surface area contributed by atoms with Crippen molar-refractivity contribution in [3.63, 3.8) is 0 Å². The van der Waals surface area contributed by atoms with Crippen LogP contribution in [0, 0.1) is 0 Å². The topological polar surface area (TPSA) is 95.9 Å². The minimum Gasteiger partial charge on any atom is -0.466 e. The number of hydrogen-bond donors (Lipinski definition) is 3. The molecule has 0 spiro atoms. The number of allylic oxidation sites excluding steroid dienone is 1. The highest BCUT2D eigenvalue weighted by molar-refractivity contribution is 5.76. The van der Waals surface area contributed by atoms with E-state index in [0.717, 1.165) is 38.5 Å². The highest BCUT2D eigenvalue weighted by Crippen LogP contribution is 2.18. The first-order valence-corrected chi connectivity index (χ1v) is 32.0. The molecule has 6 nitrogen and oxygen atoms in total. The van der Waals surface area contributed by atoms with Gasteiger partial charge in [0.2, 0.25) is 5.91 Å². The minimum absolute atomic E-state index is 0.0181. The molecule has 0 saturated heterocycles. The van der Waals surface area contributed by atoms with E-state index in [-0.39, 0.29) is 18.5 Å². The Balaban J connectivity index is 3.37. The fourth-order valence-electron chi connectivity index (χ4n) is 10.2. The van der Waals surface area contributed by atoms with Crippen LogP contribution in [0.15, 0.2) is 12.2 Å². The highest BCUT2D eigenvalue weighted by atomic mass is 16.5. The van der Waals surface area contributed by atoms with Crippen LogP contribution in [0.1, 0.15) is 361 Å². The summed E-state index contributed by atoms with van der Waals surface area (Å²) in [7, 11) is 0. The number of hydrogen-bond acceptors (Lipinski definition) is 5. The van der Waals surface area contributed by atoms with Crippen LogP contribution in [0.2, 0.25) is 0 Å². The van der Waals surface area contributed by atoms with Crippen molar-refractivity contribution in [1.82, 2.24) is 5.32 Å². The molecular weight excluding hydrogens is 863 g/mol. The smallest absolute Gasteiger partial charge is 0.305 e. The number of amides is 1. The molecule has 2 atom stereocenters. The number of unbranched alkanes of at least 4 members (excludes halogenated alkanes) is 49. The van der Waals surface area contributed by atoms with Gasteiger partial charge in [0, 0.05) is 12.8 Å². The zero-order valence-electron chi connectivity index (χ0n) is 47.5. The average Bonchev–Trinajstić information content (AvgIpc) is 3.36. The summed E-state index contributed by atoms with van der Waals surface area (Å²) in [5.74, 6) is -0.0457. The van der Waals surface area contributed by atoms with Crippen molar-refractivity contribution in [3.8, 4) is 0 Å². The molecule has 0 rings (SSSR count). The molecule has 0 aliphatic rings. The third-order valence-corrected chi connectivity index (χ3v) is 15.1. The number of rotatable bonds is 60. The van der Waals surface area contributed by atoms with Crippen molar-refractivity contribution in [2.75, 3.05) is 13.2 Å². The van der Waals surface area contributed by atoms with Gasteiger partial charge in [0.15, 0.2) is 0 Å². The third kappa shape index (κ3) is 55.9. The summed E-state index contributed by atoms with van der Waals surface area (Å²) >= 11 is 0. The molecular formula is C64H125NO5. The summed E-state index contributed by atoms with van der Waals surface area (Å²) in [5.41, 5.74) is 0. The SMILES string of the molecule is CCCCCCCCCCCCCCC/C=C/C(O)C(CO)NC(=O)CCCCCCCCCCCCCCCCCCCCCCCCCCCOC(=O)CCCCCCCCCCCCCCC. The Morgan fingerprint density at radius 3 is 0.971 bits per heavy atom. The Morgan fingerprint density at radius 1 is 0.386 bits per heavy atom. The summed E-state index contributed by atoms with van der Waals surface area (Å²) in [4.78, 5) is 24.5. The number of carbonyl (C=O) groups excluding carboxylic acids is 2. The molecule has 0 radical (unpaired) electrons. The predicted octanol–water partition coefficient (Wildman–Crippen LogP) is 20.0. The normalized spacial score (nSPS) is 12.6. The standard InChI is InChI=1S/C64H125NO5/c1-3-5-7-9-11-13-15-17-29-33-36-40-44-48-52-56-62(67)61(60-66)65-63(68)57-53-49-45-41-37-34-30-27-25-23-21-19-18-20-22-24-26-28-31-35-39-43-47-51-55-59-70-64(69)58-54-50-46-42-38-32-16-14-12-10-8-6-4-2/h52,56,61-62,66-67H,3-51,53-55,57-60H2,1-2H3,(H,65,68)/b56-52+. The van der Waals surface area contributed by atoms with E-state index < -0.39 is 12.1 Å².